The number of aliphatic carboxylic acids is 2. The first kappa shape index (κ1) is 117. The summed E-state index contributed by atoms with van der Waals surface area (Å²) in [5.41, 5.74) is 40.2. The summed E-state index contributed by atoms with van der Waals surface area (Å²) < 4.78 is 0. The number of carboxylic acid groups (broad SMARTS) is 2. The number of nitrogens with one attached hydrogen (secondary N) is 22. The van der Waals surface area contributed by atoms with E-state index < -0.39 is 234 Å². The summed E-state index contributed by atoms with van der Waals surface area (Å²) in [5.74, 6) is -22.0. The van der Waals surface area contributed by atoms with E-state index in [0.29, 0.717) is 11.1 Å². The minimum Gasteiger partial charge on any atom is -0.481 e. The third-order valence-electron chi connectivity index (χ3n) is 21.0. The molecule has 50 nitrogen and oxygen atoms in total. The van der Waals surface area contributed by atoms with Crippen LogP contribution in [0.15, 0.2) is 60.7 Å². The Morgan fingerprint density at radius 3 is 1.01 bits per heavy atom. The Kier molecular flexibility index (Phi) is 53.9. The third kappa shape index (κ3) is 47.0. The molecule has 15 amide bonds. The number of benzene rings is 2. The maximum Gasteiger partial charge on any atom is 0.326 e. The SMILES string of the molecule is CC[C@H](C)[C@H](NC(=O)[C@H](CC(N)=O)NC(=O)[C@@H](NC(=O)[C@H](C)NC(=O)[C@H](CCCCN)NC(=O)[C@@H](NC(=O)[C@H](Cc1ccccc1)NC(=O)[C@H](CC(=O)O)NC(=O)[C@@H](N)CCCNC(=N)N)[C@@H](C)O)[C@@H](C)O)C(=O)N[C@@H](CCCNC(=N)N)C(=O)N[C@@H](CC(C)C)C(=O)N[C@@H](CCCNC(=N)N)C(=O)N[C@@H](Cc1ccccc1)C(=O)N[C@@H](CC(C)C)C(=O)N[C@@H](CCCNC(=N)N)C(=O)O. The van der Waals surface area contributed by atoms with Crippen molar-refractivity contribution in [3.8, 4) is 0 Å². The van der Waals surface area contributed by atoms with Crippen molar-refractivity contribution in [1.29, 1.82) is 21.6 Å². The molecule has 0 spiro atoms. The zero-order chi connectivity index (χ0) is 102. The number of hydrogen-bond donors (Lipinski definition) is 33. The van der Waals surface area contributed by atoms with E-state index >= 15 is 0 Å². The standard InChI is InChI=1S/C85H143N29O21/c1-10-45(6)64(78(131)103-54(30-21-35-99-84(93)94)71(124)107-56(37-43(2)3)72(125)102-53(29-20-34-98-83(91)92)70(123)109-58(39-49-23-13-11-14-24-49)74(127)108-57(38-44(4)5)73(126)105-55(81(134)135)31-22-36-100-85(95)96)112-77(130)60(41-62(88)117)111-80(133)65(47(8)115)113-67(120)46(7)101-69(122)52(28-17-18-32-86)104-79(132)66(48(9)116)114-76(129)59(40-50-25-15-12-16-26-50)110-75(128)61(42-63(118)119)106-68(121)51(87)27-19-33-97-82(89)90/h11-16,23-26,43-48,51-61,64-66,115-116H,10,17-22,27-42,86-87H2,1-9H3,(H2,88,117)(H,101,122)(H,102,125)(H,103,131)(H,104,132)(H,105,126)(H,106,121)(H,107,124)(H,108,127)(H,109,123)(H,110,128)(H,111,133)(H,112,130)(H,113,120)(H,114,129)(H,118,119)(H,134,135)(H4,89,90,97)(H4,91,92,98)(H4,93,94,99)(H4,95,96,100)/t45-,46-,47+,48+,51-,52-,53-,54-,55-,56-,57-,58-,59-,60-,61-,64-,65-,66-/m0/s1. The lowest BCUT2D eigenvalue weighted by molar-refractivity contribution is -0.142. The molecule has 50 heteroatoms. The number of rotatable bonds is 65. The zero-order valence-electron chi connectivity index (χ0n) is 77.9. The van der Waals surface area contributed by atoms with Gasteiger partial charge in [0.1, 0.15) is 84.6 Å². The molecule has 0 radical (unpaired) electrons. The Morgan fingerprint density at radius 2 is 0.630 bits per heavy atom. The molecule has 0 aliphatic carbocycles. The van der Waals surface area contributed by atoms with Crippen molar-refractivity contribution in [2.24, 2.45) is 57.9 Å². The molecule has 2 rings (SSSR count). The number of carbonyl (C=O) groups excluding carboxylic acids is 15. The van der Waals surface area contributed by atoms with Crippen LogP contribution in [-0.2, 0) is 94.3 Å². The molecular weight excluding hydrogens is 1760 g/mol. The van der Waals surface area contributed by atoms with Crippen LogP contribution in [0, 0.1) is 39.4 Å². The first-order valence-corrected chi connectivity index (χ1v) is 44.7. The van der Waals surface area contributed by atoms with Crippen molar-refractivity contribution in [3.63, 3.8) is 0 Å². The number of aliphatic hydroxyl groups excluding tert-OH is 2. The number of primary amides is 1. The zero-order valence-corrected chi connectivity index (χ0v) is 77.9. The van der Waals surface area contributed by atoms with Gasteiger partial charge in [-0.05, 0) is 140 Å². The Morgan fingerprint density at radius 1 is 0.333 bits per heavy atom. The lowest BCUT2D eigenvalue weighted by Gasteiger charge is -2.30. The summed E-state index contributed by atoms with van der Waals surface area (Å²) in [4.78, 5) is 238. The van der Waals surface area contributed by atoms with Gasteiger partial charge in [0.25, 0.3) is 0 Å². The summed E-state index contributed by atoms with van der Waals surface area (Å²) in [6.07, 6.45) is -5.80. The molecule has 0 saturated carbocycles. The van der Waals surface area contributed by atoms with Gasteiger partial charge < -0.3 is 156 Å². The van der Waals surface area contributed by atoms with E-state index in [1.165, 1.54) is 6.92 Å². The number of carboxylic acids is 2. The van der Waals surface area contributed by atoms with Crippen LogP contribution in [0.1, 0.15) is 176 Å². The molecule has 754 valence electrons. The van der Waals surface area contributed by atoms with Crippen molar-refractivity contribution in [2.75, 3.05) is 32.7 Å². The van der Waals surface area contributed by atoms with E-state index in [0.717, 1.165) is 20.8 Å². The van der Waals surface area contributed by atoms with E-state index in [9.17, 15) is 102 Å². The lowest BCUT2D eigenvalue weighted by atomic mass is 9.96. The number of carbonyl (C=O) groups is 17. The summed E-state index contributed by atoms with van der Waals surface area (Å²) in [6.45, 7) is 13.7. The van der Waals surface area contributed by atoms with Crippen LogP contribution >= 0.6 is 0 Å². The highest BCUT2D eigenvalue weighted by atomic mass is 16.4. The van der Waals surface area contributed by atoms with Crippen LogP contribution in [0.25, 0.3) is 0 Å². The summed E-state index contributed by atoms with van der Waals surface area (Å²) in [6, 6.07) is -7.92. The average Bonchev–Trinajstić information content (AvgIpc) is 0.844. The fraction of sp³-hybridized carbons (Fsp3) is 0.612. The molecule has 0 aromatic heterocycles. The predicted octanol–water partition coefficient (Wildman–Crippen LogP) is -7.88. The number of nitrogens with two attached hydrogens (primary N) is 7. The van der Waals surface area contributed by atoms with Gasteiger partial charge in [-0.3, -0.25) is 98.3 Å². The minimum atomic E-state index is -2.01. The summed E-state index contributed by atoms with van der Waals surface area (Å²) in [5, 5.41) is 117. The molecule has 2 aromatic carbocycles. The van der Waals surface area contributed by atoms with E-state index in [1.807, 2.05) is 0 Å². The molecule has 40 N–H and O–H groups in total. The molecular formula is C85H143N29O21. The van der Waals surface area contributed by atoms with E-state index in [2.05, 4.69) is 95.7 Å². The Balaban J connectivity index is 2.56. The largest absolute Gasteiger partial charge is 0.481 e. The lowest BCUT2D eigenvalue weighted by Crippen LogP contribution is -2.63. The third-order valence-corrected chi connectivity index (χ3v) is 21.0. The van der Waals surface area contributed by atoms with Crippen molar-refractivity contribution < 1.29 is 102 Å². The molecule has 0 unspecified atom stereocenters. The molecule has 18 atom stereocenters. The van der Waals surface area contributed by atoms with E-state index in [1.54, 1.807) is 95.3 Å². The molecule has 0 bridgehead atoms. The van der Waals surface area contributed by atoms with Crippen LogP contribution in [0.4, 0.5) is 0 Å². The van der Waals surface area contributed by atoms with E-state index in [-0.39, 0.29) is 159 Å². The highest BCUT2D eigenvalue weighted by Crippen LogP contribution is 2.17. The minimum absolute atomic E-state index is 0.00185. The number of unbranched alkanes of at least 4 members (excludes halogenated alkanes) is 1. The number of guanidine groups is 4. The monoisotopic (exact) mass is 1910 g/mol. The Labute approximate surface area is 783 Å². The average molecular weight is 1910 g/mol. The van der Waals surface area contributed by atoms with Crippen molar-refractivity contribution in [3.05, 3.63) is 71.8 Å². The van der Waals surface area contributed by atoms with Gasteiger partial charge in [-0.1, -0.05) is 109 Å². The maximum absolute atomic E-state index is 14.9. The second kappa shape index (κ2) is 62.0. The molecule has 0 aliphatic heterocycles. The molecule has 2 aromatic rings. The molecule has 0 saturated heterocycles. The van der Waals surface area contributed by atoms with Gasteiger partial charge in [-0.2, -0.15) is 0 Å². The van der Waals surface area contributed by atoms with Gasteiger partial charge in [0.2, 0.25) is 88.6 Å². The fourth-order valence-corrected chi connectivity index (χ4v) is 13.5. The van der Waals surface area contributed by atoms with Gasteiger partial charge in [0.15, 0.2) is 23.8 Å². The van der Waals surface area contributed by atoms with Crippen molar-refractivity contribution in [1.82, 2.24) is 95.7 Å². The molecule has 135 heavy (non-hydrogen) atoms. The highest BCUT2D eigenvalue weighted by molar-refractivity contribution is 6.02. The quantitative estimate of drug-likeness (QED) is 0.0166. The topological polar surface area (TPSA) is 865 Å². The smallest absolute Gasteiger partial charge is 0.326 e. The van der Waals surface area contributed by atoms with Crippen molar-refractivity contribution >= 4 is 124 Å². The van der Waals surface area contributed by atoms with Crippen LogP contribution in [0.3, 0.4) is 0 Å². The van der Waals surface area contributed by atoms with Crippen molar-refractivity contribution in [2.45, 2.75) is 281 Å². The van der Waals surface area contributed by atoms with Gasteiger partial charge in [0, 0.05) is 39.0 Å². The molecule has 0 heterocycles. The Bertz CT molecular complexity index is 4290. The Hall–Kier alpha value is -13.6. The first-order valence-electron chi connectivity index (χ1n) is 44.7. The highest BCUT2D eigenvalue weighted by Gasteiger charge is 2.41. The fourth-order valence-electron chi connectivity index (χ4n) is 13.5. The second-order valence-electron chi connectivity index (χ2n) is 33.7. The second-order valence-corrected chi connectivity index (χ2v) is 33.7. The predicted molar refractivity (Wildman–Crippen MR) is 496 cm³/mol. The van der Waals surface area contributed by atoms with Crippen LogP contribution in [0.2, 0.25) is 0 Å². The summed E-state index contributed by atoms with van der Waals surface area (Å²) >= 11 is 0. The van der Waals surface area contributed by atoms with Crippen LogP contribution in [-0.4, -0.2) is 280 Å². The number of aliphatic hydroxyl groups is 2. The van der Waals surface area contributed by atoms with Gasteiger partial charge in [-0.15, -0.1) is 0 Å². The van der Waals surface area contributed by atoms with E-state index in [4.69, 9.17) is 61.8 Å². The number of amides is 15. The van der Waals surface area contributed by atoms with Crippen LogP contribution < -0.4 is 136 Å². The van der Waals surface area contributed by atoms with Gasteiger partial charge >= 0.3 is 11.9 Å². The maximum atomic E-state index is 14.9. The molecule has 0 aliphatic rings. The van der Waals surface area contributed by atoms with Gasteiger partial charge in [-0.25, -0.2) is 4.79 Å². The van der Waals surface area contributed by atoms with Crippen LogP contribution in [0.5, 0.6) is 0 Å². The molecule has 0 fully saturated rings. The normalized spacial score (nSPS) is 15.1. The first-order chi connectivity index (χ1) is 63.5. The summed E-state index contributed by atoms with van der Waals surface area (Å²) in [7, 11) is 0. The number of hydrogen-bond acceptors (Lipinski definition) is 25. The van der Waals surface area contributed by atoms with Gasteiger partial charge in [0.05, 0.1) is 31.1 Å².